The third-order valence-corrected chi connectivity index (χ3v) is 5.73. The Morgan fingerprint density at radius 1 is 1.29 bits per heavy atom. The number of carbonyl (C=O) groups excluding carboxylic acids is 2. The minimum Gasteiger partial charge on any atom is -0.462 e. The molecule has 0 saturated carbocycles. The predicted molar refractivity (Wildman–Crippen MR) is 112 cm³/mol. The van der Waals surface area contributed by atoms with E-state index in [1.54, 1.807) is 47.8 Å². The zero-order valence-corrected chi connectivity index (χ0v) is 17.7. The molecule has 2 heterocycles. The van der Waals surface area contributed by atoms with Crippen LogP contribution in [-0.2, 0) is 17.8 Å². The lowest BCUT2D eigenvalue weighted by molar-refractivity contribution is 0.0526. The highest BCUT2D eigenvalue weighted by Crippen LogP contribution is 2.20. The molecule has 7 nitrogen and oxygen atoms in total. The highest BCUT2D eigenvalue weighted by molar-refractivity contribution is 7.98. The smallest absolute Gasteiger partial charge is 0.338 e. The summed E-state index contributed by atoms with van der Waals surface area (Å²) in [6.45, 7) is 5.48. The summed E-state index contributed by atoms with van der Waals surface area (Å²) in [7, 11) is 0. The number of thiazole rings is 1. The van der Waals surface area contributed by atoms with Crippen molar-refractivity contribution in [1.29, 1.82) is 0 Å². The molecule has 0 fully saturated rings. The third-order valence-electron chi connectivity index (χ3n) is 4.09. The fourth-order valence-corrected chi connectivity index (χ4v) is 4.15. The molecule has 0 aliphatic carbocycles. The average Bonchev–Trinajstić information content (AvgIpc) is 3.30. The molecule has 1 aromatic carbocycles. The first kappa shape index (κ1) is 20.3. The topological polar surface area (TPSA) is 78.5 Å². The first-order valence-corrected chi connectivity index (χ1v) is 11.2. The largest absolute Gasteiger partial charge is 0.462 e. The molecule has 3 aromatic rings. The summed E-state index contributed by atoms with van der Waals surface area (Å²) in [5, 5.41) is 4.23. The second-order valence-electron chi connectivity index (χ2n) is 5.91. The van der Waals surface area contributed by atoms with Crippen molar-refractivity contribution in [3.63, 3.8) is 0 Å². The Labute approximate surface area is 171 Å². The third kappa shape index (κ3) is 4.36. The van der Waals surface area contributed by atoms with Crippen LogP contribution in [0.5, 0.6) is 0 Å². The van der Waals surface area contributed by atoms with Gasteiger partial charge < -0.3 is 9.30 Å². The van der Waals surface area contributed by atoms with Gasteiger partial charge in [0.25, 0.3) is 5.91 Å². The van der Waals surface area contributed by atoms with E-state index in [9.17, 15) is 9.59 Å². The van der Waals surface area contributed by atoms with E-state index < -0.39 is 0 Å². The molecule has 0 spiro atoms. The summed E-state index contributed by atoms with van der Waals surface area (Å²) in [5.74, 6) is 0.160. The molecule has 0 bridgehead atoms. The number of benzene rings is 1. The minimum absolute atomic E-state index is 0.322. The highest BCUT2D eigenvalue weighted by Gasteiger charge is 2.14. The molecule has 0 N–H and O–H groups in total. The van der Waals surface area contributed by atoms with Crippen LogP contribution in [0.3, 0.4) is 0 Å². The SMILES string of the molecule is CCOC(=O)c1ccc2c(c1)sc(=NC(=O)c1ccn(CC)n1)n2CCSC. The van der Waals surface area contributed by atoms with Crippen molar-refractivity contribution in [1.82, 2.24) is 14.3 Å². The summed E-state index contributed by atoms with van der Waals surface area (Å²) < 4.78 is 9.68. The molecule has 148 valence electrons. The van der Waals surface area contributed by atoms with E-state index in [1.807, 2.05) is 23.8 Å². The number of carbonyl (C=O) groups is 2. The molecule has 28 heavy (non-hydrogen) atoms. The second-order valence-corrected chi connectivity index (χ2v) is 7.90. The van der Waals surface area contributed by atoms with Crippen LogP contribution in [0.15, 0.2) is 35.5 Å². The number of aryl methyl sites for hydroxylation is 2. The molecule has 0 aliphatic rings. The summed E-state index contributed by atoms with van der Waals surface area (Å²) in [5.41, 5.74) is 1.76. The quantitative estimate of drug-likeness (QED) is 0.551. The van der Waals surface area contributed by atoms with Crippen LogP contribution >= 0.6 is 23.1 Å². The Kier molecular flexibility index (Phi) is 6.69. The lowest BCUT2D eigenvalue weighted by atomic mass is 10.2. The van der Waals surface area contributed by atoms with Crippen LogP contribution in [0.4, 0.5) is 0 Å². The first-order chi connectivity index (χ1) is 13.6. The van der Waals surface area contributed by atoms with E-state index in [0.29, 0.717) is 29.2 Å². The Morgan fingerprint density at radius 3 is 2.79 bits per heavy atom. The van der Waals surface area contributed by atoms with Gasteiger partial charge in [0.15, 0.2) is 10.5 Å². The molecule has 1 amide bonds. The molecular weight excluding hydrogens is 396 g/mol. The van der Waals surface area contributed by atoms with Crippen LogP contribution in [0.2, 0.25) is 0 Å². The number of ether oxygens (including phenoxy) is 1. The zero-order valence-electron chi connectivity index (χ0n) is 16.0. The number of amides is 1. The second kappa shape index (κ2) is 9.20. The summed E-state index contributed by atoms with van der Waals surface area (Å²) in [6, 6.07) is 7.10. The van der Waals surface area contributed by atoms with Crippen LogP contribution in [-0.4, -0.2) is 44.8 Å². The van der Waals surface area contributed by atoms with Gasteiger partial charge in [-0.05, 0) is 44.4 Å². The number of fused-ring (bicyclic) bond motifs is 1. The van der Waals surface area contributed by atoms with Crippen molar-refractivity contribution >= 4 is 45.2 Å². The summed E-state index contributed by atoms with van der Waals surface area (Å²) in [6.07, 6.45) is 3.80. The van der Waals surface area contributed by atoms with Gasteiger partial charge in [0.1, 0.15) is 0 Å². The number of thioether (sulfide) groups is 1. The van der Waals surface area contributed by atoms with Crippen molar-refractivity contribution in [2.24, 2.45) is 4.99 Å². The normalized spacial score (nSPS) is 11.9. The predicted octanol–water partition coefficient (Wildman–Crippen LogP) is 3.20. The van der Waals surface area contributed by atoms with Crippen LogP contribution in [0.1, 0.15) is 34.7 Å². The lowest BCUT2D eigenvalue weighted by Gasteiger charge is -2.05. The molecular formula is C19H22N4O3S2. The summed E-state index contributed by atoms with van der Waals surface area (Å²) >= 11 is 3.10. The molecule has 0 atom stereocenters. The van der Waals surface area contributed by atoms with Crippen molar-refractivity contribution in [2.75, 3.05) is 18.6 Å². The number of hydrogen-bond donors (Lipinski definition) is 0. The van der Waals surface area contributed by atoms with Gasteiger partial charge in [0.2, 0.25) is 0 Å². The van der Waals surface area contributed by atoms with Gasteiger partial charge in [0, 0.05) is 25.0 Å². The Morgan fingerprint density at radius 2 is 2.11 bits per heavy atom. The Hall–Kier alpha value is -2.39. The van der Waals surface area contributed by atoms with E-state index >= 15 is 0 Å². The maximum absolute atomic E-state index is 12.6. The highest BCUT2D eigenvalue weighted by atomic mass is 32.2. The average molecular weight is 419 g/mol. The van der Waals surface area contributed by atoms with E-state index in [1.165, 1.54) is 11.3 Å². The Bertz CT molecular complexity index is 1060. The van der Waals surface area contributed by atoms with E-state index in [2.05, 4.69) is 10.1 Å². The maximum Gasteiger partial charge on any atom is 0.338 e. The summed E-state index contributed by atoms with van der Waals surface area (Å²) in [4.78, 5) is 29.5. The van der Waals surface area contributed by atoms with E-state index in [0.717, 1.165) is 22.5 Å². The van der Waals surface area contributed by atoms with Gasteiger partial charge >= 0.3 is 5.97 Å². The van der Waals surface area contributed by atoms with Crippen LogP contribution < -0.4 is 4.80 Å². The number of hydrogen-bond acceptors (Lipinski definition) is 6. The maximum atomic E-state index is 12.6. The van der Waals surface area contributed by atoms with E-state index in [-0.39, 0.29) is 11.9 Å². The van der Waals surface area contributed by atoms with Crippen molar-refractivity contribution in [3.8, 4) is 0 Å². The van der Waals surface area contributed by atoms with Crippen LogP contribution in [0.25, 0.3) is 10.2 Å². The number of nitrogens with zero attached hydrogens (tertiary/aromatic N) is 4. The molecule has 3 rings (SSSR count). The number of rotatable bonds is 7. The fraction of sp³-hybridized carbons (Fsp3) is 0.368. The molecule has 0 aliphatic heterocycles. The van der Waals surface area contributed by atoms with Gasteiger partial charge in [-0.1, -0.05) is 11.3 Å². The first-order valence-electron chi connectivity index (χ1n) is 8.99. The number of esters is 1. The molecule has 9 heteroatoms. The number of aromatic nitrogens is 3. The minimum atomic E-state index is -0.373. The van der Waals surface area contributed by atoms with Crippen molar-refractivity contribution in [3.05, 3.63) is 46.5 Å². The van der Waals surface area contributed by atoms with E-state index in [4.69, 9.17) is 4.74 Å². The van der Waals surface area contributed by atoms with Crippen LogP contribution in [0, 0.1) is 0 Å². The standard InChI is InChI=1S/C19H22N4O3S2/c1-4-22-9-8-14(21-22)17(24)20-19-23(10-11-27-3)15-7-6-13(12-16(15)28-19)18(25)26-5-2/h6-9,12H,4-5,10-11H2,1-3H3. The van der Waals surface area contributed by atoms with Gasteiger partial charge in [-0.15, -0.1) is 0 Å². The molecule has 2 aromatic heterocycles. The molecule has 0 radical (unpaired) electrons. The zero-order chi connectivity index (χ0) is 20.1. The van der Waals surface area contributed by atoms with Gasteiger partial charge in [-0.25, -0.2) is 4.79 Å². The van der Waals surface area contributed by atoms with Gasteiger partial charge in [-0.2, -0.15) is 21.9 Å². The van der Waals surface area contributed by atoms with Gasteiger partial charge in [-0.3, -0.25) is 9.48 Å². The monoisotopic (exact) mass is 418 g/mol. The molecule has 0 unspecified atom stereocenters. The van der Waals surface area contributed by atoms with Gasteiger partial charge in [0.05, 0.1) is 22.4 Å². The lowest BCUT2D eigenvalue weighted by Crippen LogP contribution is -2.18. The Balaban J connectivity index is 2.05. The molecule has 0 saturated heterocycles. The van der Waals surface area contributed by atoms with Crippen molar-refractivity contribution < 1.29 is 14.3 Å². The van der Waals surface area contributed by atoms with Crippen molar-refractivity contribution in [2.45, 2.75) is 26.9 Å². The fourth-order valence-electron chi connectivity index (χ4n) is 2.69.